The van der Waals surface area contributed by atoms with Crippen LogP contribution in [0.25, 0.3) is 44.5 Å². The van der Waals surface area contributed by atoms with E-state index in [0.717, 1.165) is 73.1 Å². The van der Waals surface area contributed by atoms with Crippen LogP contribution in [0.1, 0.15) is 243 Å². The van der Waals surface area contributed by atoms with Gasteiger partial charge in [-0.2, -0.15) is 0 Å². The van der Waals surface area contributed by atoms with Crippen LogP contribution >= 0.6 is 0 Å². The maximum Gasteiger partial charge on any atom is 0.231 e. The Hall–Kier alpha value is -8.13. The largest absolute Gasteiger partial charge is 0.496 e. The number of ether oxygens (including phenoxy) is 10. The third kappa shape index (κ3) is 16.9. The van der Waals surface area contributed by atoms with Crippen molar-refractivity contribution in [3.63, 3.8) is 0 Å². The first-order valence-corrected chi connectivity index (χ1v) is 36.4. The van der Waals surface area contributed by atoms with Gasteiger partial charge in [0.2, 0.25) is 13.6 Å². The topological polar surface area (TPSA) is 92.3 Å². The third-order valence-electron chi connectivity index (χ3n) is 20.2. The van der Waals surface area contributed by atoms with Gasteiger partial charge >= 0.3 is 0 Å². The van der Waals surface area contributed by atoms with Crippen LogP contribution in [0.4, 0.5) is 13.2 Å². The molecule has 0 amide bonds. The molecule has 10 nitrogen and oxygen atoms in total. The van der Waals surface area contributed by atoms with E-state index in [1.165, 1.54) is 73.8 Å². The highest BCUT2D eigenvalue weighted by Crippen LogP contribution is 2.51. The van der Waals surface area contributed by atoms with E-state index in [1.807, 2.05) is 85.7 Å². The maximum atomic E-state index is 14.8. The molecule has 0 N–H and O–H groups in total. The number of halogens is 3. The molecule has 0 saturated heterocycles. The fourth-order valence-corrected chi connectivity index (χ4v) is 14.3. The van der Waals surface area contributed by atoms with Gasteiger partial charge in [0, 0.05) is 40.5 Å². The van der Waals surface area contributed by atoms with Crippen LogP contribution in [0.15, 0.2) is 91.0 Å². The predicted molar refractivity (Wildman–Crippen MR) is 417 cm³/mol. The average molecular weight is 1430 g/mol. The second-order valence-corrected chi connectivity index (χ2v) is 35.6. The molecule has 13 heteroatoms. The second-order valence-electron chi connectivity index (χ2n) is 35.6. The van der Waals surface area contributed by atoms with Crippen molar-refractivity contribution in [2.75, 3.05) is 42.0 Å². The summed E-state index contributed by atoms with van der Waals surface area (Å²) in [5, 5.41) is 0. The van der Waals surface area contributed by atoms with Gasteiger partial charge in [0.15, 0.2) is 23.0 Å². The molecule has 8 aromatic rings. The van der Waals surface area contributed by atoms with E-state index in [0.29, 0.717) is 66.1 Å². The Bertz CT molecular complexity index is 4360. The number of methoxy groups -OCH3 is 4. The van der Waals surface area contributed by atoms with Gasteiger partial charge in [-0.15, -0.1) is 0 Å². The molecule has 0 atom stereocenters. The molecule has 560 valence electrons. The molecule has 4 aliphatic heterocycles. The number of rotatable bonds is 9. The summed E-state index contributed by atoms with van der Waals surface area (Å²) in [6.07, 6.45) is 0. The van der Waals surface area contributed by atoms with Crippen molar-refractivity contribution in [2.24, 2.45) is 0 Å². The van der Waals surface area contributed by atoms with Crippen LogP contribution in [0.5, 0.6) is 46.0 Å². The minimum Gasteiger partial charge on any atom is -0.496 e. The van der Waals surface area contributed by atoms with Gasteiger partial charge in [-0.1, -0.05) is 177 Å². The average Bonchev–Trinajstić information content (AvgIpc) is 1.28. The number of hydrogen-bond acceptors (Lipinski definition) is 10. The fraction of sp³-hybridized carbons (Fsp3) is 0.473. The minimum absolute atomic E-state index is 0.0287. The first-order valence-electron chi connectivity index (χ1n) is 36.4. The molecule has 0 radical (unpaired) electrons. The molecule has 4 heterocycles. The summed E-state index contributed by atoms with van der Waals surface area (Å²) >= 11 is 0. The Morgan fingerprint density at radius 3 is 1.00 bits per heavy atom. The van der Waals surface area contributed by atoms with E-state index in [1.54, 1.807) is 28.4 Å². The molecule has 0 spiro atoms. The van der Waals surface area contributed by atoms with Gasteiger partial charge < -0.3 is 47.4 Å². The molecule has 104 heavy (non-hydrogen) atoms. The lowest BCUT2D eigenvalue weighted by Crippen LogP contribution is -2.17. The molecule has 0 aliphatic carbocycles. The number of hydrogen-bond donors (Lipinski definition) is 0. The summed E-state index contributed by atoms with van der Waals surface area (Å²) in [6.45, 7) is 56.6. The Kier molecular flexibility index (Phi) is 23.1. The monoisotopic (exact) mass is 1420 g/mol. The smallest absolute Gasteiger partial charge is 0.231 e. The standard InChI is InChI=1S/2C24H31FO2.C22H28O3.C21H25FO3/c2*1-14-17-13-27-12-15(17)9-19(24(5,6)7)22(14)16-10-18(23(2,3)4)20(25)11-21(16)26-8;1-21(2,3)14-8-9-18(23-7)16(10-14)15-11-19-20(25-13-24-19)12-17(15)22(4,5)6;1-12(2)13-7-15(18(23-6)10-17(13)22)14-8-19-20(25-11-24-19)9-16(14)21(3,4)5/h2*9-11H,12-13H2,1-8H3;8-12H,13H2,1-7H3;7-10,12H,11H2,1-6H3. The van der Waals surface area contributed by atoms with Crippen LogP contribution in [-0.2, 0) is 73.8 Å². The lowest BCUT2D eigenvalue weighted by atomic mass is 9.76. The van der Waals surface area contributed by atoms with Crippen molar-refractivity contribution < 1.29 is 60.5 Å². The third-order valence-corrected chi connectivity index (χ3v) is 20.2. The summed E-state index contributed by atoms with van der Waals surface area (Å²) < 4.78 is 100. The molecule has 0 unspecified atom stereocenters. The highest BCUT2D eigenvalue weighted by atomic mass is 19.1. The maximum absolute atomic E-state index is 14.8. The second kappa shape index (κ2) is 30.0. The van der Waals surface area contributed by atoms with E-state index < -0.39 is 0 Å². The number of fused-ring (bicyclic) bond motifs is 4. The Morgan fingerprint density at radius 2 is 0.663 bits per heavy atom. The zero-order chi connectivity index (χ0) is 77.1. The first kappa shape index (κ1) is 80.0. The lowest BCUT2D eigenvalue weighted by Gasteiger charge is -2.28. The van der Waals surface area contributed by atoms with Gasteiger partial charge in [0.25, 0.3) is 0 Å². The van der Waals surface area contributed by atoms with Crippen LogP contribution in [0.3, 0.4) is 0 Å². The van der Waals surface area contributed by atoms with Gasteiger partial charge in [-0.3, -0.25) is 0 Å². The van der Waals surface area contributed by atoms with Crippen molar-refractivity contribution in [3.8, 4) is 90.5 Å². The molecule has 12 rings (SSSR count). The molecule has 0 saturated carbocycles. The highest BCUT2D eigenvalue weighted by Gasteiger charge is 2.35. The Labute approximate surface area is 619 Å². The molecular weight excluding hydrogens is 1310 g/mol. The Balaban J connectivity index is 0.000000161. The summed E-state index contributed by atoms with van der Waals surface area (Å²) in [4.78, 5) is 0. The van der Waals surface area contributed by atoms with Crippen molar-refractivity contribution in [2.45, 2.75) is 243 Å². The van der Waals surface area contributed by atoms with Crippen molar-refractivity contribution in [1.82, 2.24) is 0 Å². The zero-order valence-electron chi connectivity index (χ0n) is 67.7. The lowest BCUT2D eigenvalue weighted by molar-refractivity contribution is 0.134. The van der Waals surface area contributed by atoms with Crippen LogP contribution in [0.2, 0.25) is 0 Å². The Morgan fingerprint density at radius 1 is 0.327 bits per heavy atom. The quantitative estimate of drug-likeness (QED) is 0.139. The van der Waals surface area contributed by atoms with Crippen LogP contribution < -0.4 is 37.9 Å². The van der Waals surface area contributed by atoms with Crippen molar-refractivity contribution in [1.29, 1.82) is 0 Å². The van der Waals surface area contributed by atoms with Crippen molar-refractivity contribution in [3.05, 3.63) is 186 Å². The van der Waals surface area contributed by atoms with Crippen LogP contribution in [-0.4, -0.2) is 42.0 Å². The fourth-order valence-electron chi connectivity index (χ4n) is 14.3. The van der Waals surface area contributed by atoms with E-state index in [2.05, 4.69) is 160 Å². The van der Waals surface area contributed by atoms with E-state index in [-0.39, 0.29) is 74.9 Å². The van der Waals surface area contributed by atoms with E-state index >= 15 is 0 Å². The molecule has 0 bridgehead atoms. The van der Waals surface area contributed by atoms with E-state index in [4.69, 9.17) is 47.4 Å². The zero-order valence-corrected chi connectivity index (χ0v) is 67.7. The molecule has 8 aromatic carbocycles. The van der Waals surface area contributed by atoms with Crippen molar-refractivity contribution >= 4 is 0 Å². The van der Waals surface area contributed by atoms with Gasteiger partial charge in [0.1, 0.15) is 40.4 Å². The highest BCUT2D eigenvalue weighted by molar-refractivity contribution is 5.83. The summed E-state index contributed by atoms with van der Waals surface area (Å²) in [7, 11) is 6.51. The first-order chi connectivity index (χ1) is 48.2. The molecule has 0 aromatic heterocycles. The molecule has 4 aliphatic rings. The predicted octanol–water partition coefficient (Wildman–Crippen LogP) is 24.2. The summed E-state index contributed by atoms with van der Waals surface area (Å²) in [6, 6.07) is 29.6. The van der Waals surface area contributed by atoms with Gasteiger partial charge in [-0.05, 0) is 212 Å². The number of benzene rings is 8. The van der Waals surface area contributed by atoms with Gasteiger partial charge in [-0.25, -0.2) is 13.2 Å². The molecule has 0 fully saturated rings. The normalized spacial score (nSPS) is 14.0. The van der Waals surface area contributed by atoms with Crippen LogP contribution in [0, 0.1) is 31.3 Å². The van der Waals surface area contributed by atoms with E-state index in [9.17, 15) is 13.2 Å². The SMILES string of the molecule is COc1cc(F)c(C(C)(C)C)cc1-c1c(C(C)(C)C)cc2c(c1C)COC2.COc1cc(F)c(C(C)(C)C)cc1-c1c(C(C)(C)C)cc2c(c1C)COC2.COc1cc(F)c(C(C)C)cc1-c1cc2c(cc1C(C)(C)C)OCO2.COc1ccc(C(C)(C)C)cc1-c1cc2c(cc1C(C)(C)C)OCO2. The van der Waals surface area contributed by atoms with Gasteiger partial charge in [0.05, 0.1) is 54.9 Å². The molecular formula is C91H115F3O10. The minimum atomic E-state index is -0.291. The summed E-state index contributed by atoms with van der Waals surface area (Å²) in [5.74, 6) is 5.02. The summed E-state index contributed by atoms with van der Waals surface area (Å²) in [5.41, 5.74) is 23.2.